The maximum Gasteiger partial charge on any atom is 0.0215 e. The van der Waals surface area contributed by atoms with E-state index in [0.717, 1.165) is 0 Å². The number of halogens is 2. The molecule has 0 saturated heterocycles. The summed E-state index contributed by atoms with van der Waals surface area (Å²) in [5.41, 5.74) is 2.66. The Balaban J connectivity index is 2.42. The molecule has 0 spiro atoms. The van der Waals surface area contributed by atoms with Gasteiger partial charge in [0.1, 0.15) is 0 Å². The van der Waals surface area contributed by atoms with Crippen molar-refractivity contribution in [1.82, 2.24) is 0 Å². The highest BCUT2D eigenvalue weighted by Crippen LogP contribution is 2.35. The summed E-state index contributed by atoms with van der Waals surface area (Å²) in [6.07, 6.45) is 0. The summed E-state index contributed by atoms with van der Waals surface area (Å²) in [7, 11) is 0. The Morgan fingerprint density at radius 2 is 1.33 bits per heavy atom. The fourth-order valence-electron chi connectivity index (χ4n) is 2.18. The molecule has 2 heteroatoms. The number of rotatable bonds is 1. The third-order valence-electron chi connectivity index (χ3n) is 3.02. The first-order chi connectivity index (χ1) is 8.77. The van der Waals surface area contributed by atoms with Crippen molar-refractivity contribution in [2.24, 2.45) is 0 Å². The van der Waals surface area contributed by atoms with Crippen LogP contribution >= 0.6 is 45.2 Å². The quantitative estimate of drug-likeness (QED) is 0.412. The molecule has 88 valence electrons. The van der Waals surface area contributed by atoms with Gasteiger partial charge in [-0.3, -0.25) is 0 Å². The molecule has 0 aliphatic carbocycles. The molecule has 0 aliphatic rings. The Bertz CT molecular complexity index is 717. The largest absolute Gasteiger partial charge is 0.0616 e. The van der Waals surface area contributed by atoms with Gasteiger partial charge in [0, 0.05) is 12.7 Å². The van der Waals surface area contributed by atoms with Gasteiger partial charge in [-0.1, -0.05) is 48.5 Å². The second-order valence-electron chi connectivity index (χ2n) is 4.12. The predicted octanol–water partition coefficient (Wildman–Crippen LogP) is 5.72. The van der Waals surface area contributed by atoms with Gasteiger partial charge in [0.15, 0.2) is 0 Å². The fourth-order valence-corrected chi connectivity index (χ4v) is 3.60. The fraction of sp³-hybridized carbons (Fsp3) is 0. The van der Waals surface area contributed by atoms with Crippen LogP contribution in [0.25, 0.3) is 21.9 Å². The van der Waals surface area contributed by atoms with Gasteiger partial charge in [0.2, 0.25) is 0 Å². The van der Waals surface area contributed by atoms with E-state index in [9.17, 15) is 0 Å². The molecule has 0 bridgehead atoms. The van der Waals surface area contributed by atoms with Crippen LogP contribution in [0.2, 0.25) is 0 Å². The normalized spacial score (nSPS) is 10.8. The first kappa shape index (κ1) is 12.4. The Kier molecular flexibility index (Phi) is 3.56. The maximum absolute atomic E-state index is 2.43. The zero-order valence-electron chi connectivity index (χ0n) is 9.53. The SMILES string of the molecule is Ic1ccccc1-c1c(I)ccc2ccccc12. The zero-order valence-corrected chi connectivity index (χ0v) is 13.8. The molecule has 3 rings (SSSR count). The highest BCUT2D eigenvalue weighted by atomic mass is 127. The van der Waals surface area contributed by atoms with Gasteiger partial charge in [-0.15, -0.1) is 0 Å². The minimum atomic E-state index is 1.30. The van der Waals surface area contributed by atoms with Crippen LogP contribution in [0.4, 0.5) is 0 Å². The summed E-state index contributed by atoms with van der Waals surface area (Å²) in [4.78, 5) is 0. The summed E-state index contributed by atoms with van der Waals surface area (Å²) >= 11 is 4.84. The van der Waals surface area contributed by atoms with E-state index in [1.165, 1.54) is 29.0 Å². The third-order valence-corrected chi connectivity index (χ3v) is 4.86. The van der Waals surface area contributed by atoms with E-state index in [1.807, 2.05) is 0 Å². The van der Waals surface area contributed by atoms with Crippen LogP contribution in [0.15, 0.2) is 60.7 Å². The molecule has 0 nitrogen and oxygen atoms in total. The maximum atomic E-state index is 2.43. The second kappa shape index (κ2) is 5.17. The molecule has 0 amide bonds. The second-order valence-corrected chi connectivity index (χ2v) is 6.45. The van der Waals surface area contributed by atoms with Gasteiger partial charge in [-0.2, -0.15) is 0 Å². The average Bonchev–Trinajstić information content (AvgIpc) is 2.40. The van der Waals surface area contributed by atoms with E-state index in [-0.39, 0.29) is 0 Å². The molecule has 18 heavy (non-hydrogen) atoms. The molecule has 0 fully saturated rings. The average molecular weight is 456 g/mol. The Hall–Kier alpha value is -0.620. The zero-order chi connectivity index (χ0) is 12.5. The van der Waals surface area contributed by atoms with Crippen molar-refractivity contribution in [3.63, 3.8) is 0 Å². The van der Waals surface area contributed by atoms with Crippen molar-refractivity contribution in [2.75, 3.05) is 0 Å². The lowest BCUT2D eigenvalue weighted by molar-refractivity contribution is 1.58. The summed E-state index contributed by atoms with van der Waals surface area (Å²) in [6.45, 7) is 0. The molecule has 0 aliphatic heterocycles. The summed E-state index contributed by atoms with van der Waals surface area (Å²) < 4.78 is 2.60. The number of hydrogen-bond donors (Lipinski definition) is 0. The Morgan fingerprint density at radius 3 is 2.17 bits per heavy atom. The lowest BCUT2D eigenvalue weighted by atomic mass is 9.98. The van der Waals surface area contributed by atoms with Crippen LogP contribution in [-0.2, 0) is 0 Å². The number of fused-ring (bicyclic) bond motifs is 1. The molecule has 3 aromatic rings. The first-order valence-electron chi connectivity index (χ1n) is 5.69. The smallest absolute Gasteiger partial charge is 0.0215 e. The number of benzene rings is 3. The Morgan fingerprint density at radius 1 is 0.611 bits per heavy atom. The molecule has 0 N–H and O–H groups in total. The molecule has 3 aromatic carbocycles. The van der Waals surface area contributed by atoms with Crippen molar-refractivity contribution in [2.45, 2.75) is 0 Å². The molecule has 0 unspecified atom stereocenters. The standard InChI is InChI=1S/C16H10I2/c17-14-8-4-3-7-13(14)16-12-6-2-1-5-11(12)9-10-15(16)18/h1-10H. The highest BCUT2D eigenvalue weighted by molar-refractivity contribution is 14.1. The van der Waals surface area contributed by atoms with Crippen molar-refractivity contribution in [3.8, 4) is 11.1 Å². The summed E-state index contributed by atoms with van der Waals surface area (Å²) in [6, 6.07) is 21.5. The van der Waals surface area contributed by atoms with Gasteiger partial charge in [-0.05, 0) is 73.7 Å². The minimum absolute atomic E-state index is 1.30. The monoisotopic (exact) mass is 456 g/mol. The molecule has 0 radical (unpaired) electrons. The molecular formula is C16H10I2. The van der Waals surface area contributed by atoms with E-state index in [1.54, 1.807) is 0 Å². The van der Waals surface area contributed by atoms with Crippen LogP contribution in [0, 0.1) is 7.14 Å². The predicted molar refractivity (Wildman–Crippen MR) is 94.8 cm³/mol. The van der Waals surface area contributed by atoms with E-state index in [4.69, 9.17) is 0 Å². The van der Waals surface area contributed by atoms with Crippen molar-refractivity contribution in [3.05, 3.63) is 67.8 Å². The van der Waals surface area contributed by atoms with Gasteiger partial charge in [0.05, 0.1) is 0 Å². The molecule has 0 heterocycles. The lowest BCUT2D eigenvalue weighted by Gasteiger charge is -2.11. The van der Waals surface area contributed by atoms with E-state index < -0.39 is 0 Å². The molecular weight excluding hydrogens is 446 g/mol. The van der Waals surface area contributed by atoms with Crippen LogP contribution in [0.5, 0.6) is 0 Å². The molecule has 0 aromatic heterocycles. The van der Waals surface area contributed by atoms with Gasteiger partial charge in [-0.25, -0.2) is 0 Å². The van der Waals surface area contributed by atoms with Crippen LogP contribution in [-0.4, -0.2) is 0 Å². The Labute approximate surface area is 134 Å². The van der Waals surface area contributed by atoms with E-state index in [2.05, 4.69) is 106 Å². The van der Waals surface area contributed by atoms with E-state index >= 15 is 0 Å². The molecule has 0 atom stereocenters. The number of hydrogen-bond acceptors (Lipinski definition) is 0. The van der Waals surface area contributed by atoms with Crippen LogP contribution < -0.4 is 0 Å². The van der Waals surface area contributed by atoms with Gasteiger partial charge >= 0.3 is 0 Å². The lowest BCUT2D eigenvalue weighted by Crippen LogP contribution is -1.88. The van der Waals surface area contributed by atoms with Crippen molar-refractivity contribution >= 4 is 56.0 Å². The van der Waals surface area contributed by atoms with Crippen LogP contribution in [0.1, 0.15) is 0 Å². The highest BCUT2D eigenvalue weighted by Gasteiger charge is 2.10. The summed E-state index contributed by atoms with van der Waals surface area (Å²) in [5, 5.41) is 2.63. The van der Waals surface area contributed by atoms with Gasteiger partial charge in [0.25, 0.3) is 0 Å². The minimum Gasteiger partial charge on any atom is -0.0616 e. The third kappa shape index (κ3) is 2.16. The van der Waals surface area contributed by atoms with Gasteiger partial charge < -0.3 is 0 Å². The first-order valence-corrected chi connectivity index (χ1v) is 7.85. The summed E-state index contributed by atoms with van der Waals surface area (Å²) in [5.74, 6) is 0. The topological polar surface area (TPSA) is 0 Å². The van der Waals surface area contributed by atoms with Crippen LogP contribution in [0.3, 0.4) is 0 Å². The van der Waals surface area contributed by atoms with Crippen molar-refractivity contribution < 1.29 is 0 Å². The van der Waals surface area contributed by atoms with E-state index in [0.29, 0.717) is 0 Å². The molecule has 0 saturated carbocycles. The van der Waals surface area contributed by atoms with Crippen molar-refractivity contribution in [1.29, 1.82) is 0 Å².